The average molecular weight is 604 g/mol. The summed E-state index contributed by atoms with van der Waals surface area (Å²) < 4.78 is 14.5. The number of anilines is 2. The van der Waals surface area contributed by atoms with Crippen LogP contribution in [0.25, 0.3) is 0 Å². The van der Waals surface area contributed by atoms with Gasteiger partial charge in [0.2, 0.25) is 5.95 Å². The first-order valence-corrected chi connectivity index (χ1v) is 13.8. The molecule has 10 heteroatoms. The Kier molecular flexibility index (Phi) is 7.88. The number of nitrogens with zero attached hydrogens (tertiary/aromatic N) is 4. The molecule has 1 atom stereocenters. The van der Waals surface area contributed by atoms with E-state index in [0.717, 1.165) is 27.9 Å². The number of nitrogens with one attached hydrogen (secondary N) is 2. The number of amides is 1. The summed E-state index contributed by atoms with van der Waals surface area (Å²) in [5.41, 5.74) is 7.00. The molecule has 3 aromatic carbocycles. The Labute approximate surface area is 241 Å². The highest BCUT2D eigenvalue weighted by Gasteiger charge is 2.35. The van der Waals surface area contributed by atoms with Gasteiger partial charge in [-0.2, -0.15) is 4.68 Å². The Bertz CT molecular complexity index is 1600. The fourth-order valence-corrected chi connectivity index (χ4v) is 5.25. The lowest BCUT2D eigenvalue weighted by atomic mass is 9.94. The summed E-state index contributed by atoms with van der Waals surface area (Å²) in [6.07, 6.45) is 0. The van der Waals surface area contributed by atoms with E-state index in [4.69, 9.17) is 9.47 Å². The van der Waals surface area contributed by atoms with Gasteiger partial charge in [-0.05, 0) is 101 Å². The van der Waals surface area contributed by atoms with Crippen LogP contribution in [0.2, 0.25) is 0 Å². The molecule has 1 aromatic heterocycles. The first-order chi connectivity index (χ1) is 19.3. The van der Waals surface area contributed by atoms with Gasteiger partial charge in [0.25, 0.3) is 5.91 Å². The van der Waals surface area contributed by atoms with Gasteiger partial charge in [-0.25, -0.2) is 0 Å². The highest BCUT2D eigenvalue weighted by Crippen LogP contribution is 2.43. The zero-order valence-corrected chi connectivity index (χ0v) is 24.7. The molecule has 2 heterocycles. The van der Waals surface area contributed by atoms with Crippen molar-refractivity contribution < 1.29 is 14.3 Å². The van der Waals surface area contributed by atoms with Crippen molar-refractivity contribution in [2.45, 2.75) is 47.3 Å². The molecular weight excluding hydrogens is 572 g/mol. The fourth-order valence-electron chi connectivity index (χ4n) is 4.68. The lowest BCUT2D eigenvalue weighted by Crippen LogP contribution is -2.31. The smallest absolute Gasteiger partial charge is 0.255 e. The minimum absolute atomic E-state index is 0.251. The highest BCUT2D eigenvalue weighted by molar-refractivity contribution is 9.10. The van der Waals surface area contributed by atoms with Gasteiger partial charge < -0.3 is 20.1 Å². The number of tetrazole rings is 1. The maximum Gasteiger partial charge on any atom is 0.255 e. The van der Waals surface area contributed by atoms with Crippen LogP contribution >= 0.6 is 15.9 Å². The van der Waals surface area contributed by atoms with Gasteiger partial charge in [-0.15, -0.1) is 0 Å². The van der Waals surface area contributed by atoms with Crippen molar-refractivity contribution in [2.75, 3.05) is 17.2 Å². The number of carbonyl (C=O) groups is 1. The standard InChI is InChI=1S/C30H31BrN6O3/c1-6-39-25-15-22(14-23(31)28(25)40-16-21-12-10-17(2)11-13-21)27-26(20(5)32-30-34-35-36-37(27)30)29(38)33-24-9-7-8-18(3)19(24)4/h7-15,27H,6,16H2,1-5H3,(H,33,38)(H,32,34,36). The van der Waals surface area contributed by atoms with E-state index >= 15 is 0 Å². The fraction of sp³-hybridized carbons (Fsp3) is 0.267. The van der Waals surface area contributed by atoms with Crippen molar-refractivity contribution >= 4 is 33.5 Å². The van der Waals surface area contributed by atoms with Crippen molar-refractivity contribution in [1.82, 2.24) is 20.2 Å². The Morgan fingerprint density at radius 1 is 1.07 bits per heavy atom. The Hall–Kier alpha value is -4.18. The minimum Gasteiger partial charge on any atom is -0.490 e. The highest BCUT2D eigenvalue weighted by atomic mass is 79.9. The number of ether oxygens (including phenoxy) is 2. The van der Waals surface area contributed by atoms with E-state index < -0.39 is 6.04 Å². The van der Waals surface area contributed by atoms with Gasteiger partial charge in [0.1, 0.15) is 12.6 Å². The third kappa shape index (κ3) is 5.44. The van der Waals surface area contributed by atoms with Crippen molar-refractivity contribution in [3.05, 3.63) is 98.2 Å². The van der Waals surface area contributed by atoms with Crippen LogP contribution in [0.5, 0.6) is 11.5 Å². The summed E-state index contributed by atoms with van der Waals surface area (Å²) in [5.74, 6) is 1.33. The number of benzene rings is 3. The van der Waals surface area contributed by atoms with Crippen LogP contribution < -0.4 is 20.1 Å². The number of fused-ring (bicyclic) bond motifs is 1. The summed E-state index contributed by atoms with van der Waals surface area (Å²) in [5, 5.41) is 18.5. The molecule has 0 fully saturated rings. The lowest BCUT2D eigenvalue weighted by molar-refractivity contribution is -0.113. The van der Waals surface area contributed by atoms with Gasteiger partial charge in [0, 0.05) is 11.4 Å². The Morgan fingerprint density at radius 3 is 2.60 bits per heavy atom. The van der Waals surface area contributed by atoms with Crippen molar-refractivity contribution in [3.63, 3.8) is 0 Å². The molecule has 0 bridgehead atoms. The third-order valence-corrected chi connectivity index (χ3v) is 7.55. The molecule has 206 valence electrons. The van der Waals surface area contributed by atoms with Crippen LogP contribution in [-0.4, -0.2) is 32.7 Å². The molecule has 0 saturated carbocycles. The first-order valence-electron chi connectivity index (χ1n) is 13.0. The molecule has 1 unspecified atom stereocenters. The number of halogens is 1. The van der Waals surface area contributed by atoms with Crippen molar-refractivity contribution in [2.24, 2.45) is 0 Å². The first kappa shape index (κ1) is 27.4. The molecule has 5 rings (SSSR count). The van der Waals surface area contributed by atoms with Gasteiger partial charge in [-0.1, -0.05) is 47.1 Å². The minimum atomic E-state index is -0.613. The van der Waals surface area contributed by atoms with Crippen molar-refractivity contribution in [1.29, 1.82) is 0 Å². The summed E-state index contributed by atoms with van der Waals surface area (Å²) >= 11 is 3.70. The number of rotatable bonds is 8. The second-order valence-corrected chi connectivity index (χ2v) is 10.6. The number of aromatic nitrogens is 4. The monoisotopic (exact) mass is 602 g/mol. The van der Waals surface area contributed by atoms with E-state index in [1.807, 2.05) is 70.2 Å². The largest absolute Gasteiger partial charge is 0.490 e. The number of allylic oxidation sites excluding steroid dienone is 1. The van der Waals surface area contributed by atoms with E-state index in [2.05, 4.69) is 61.1 Å². The molecule has 4 aromatic rings. The quantitative estimate of drug-likeness (QED) is 0.245. The zero-order chi connectivity index (χ0) is 28.4. The van der Waals surface area contributed by atoms with Crippen LogP contribution in [-0.2, 0) is 11.4 Å². The van der Waals surface area contributed by atoms with Gasteiger partial charge >= 0.3 is 0 Å². The molecule has 1 amide bonds. The molecule has 1 aliphatic rings. The van der Waals surface area contributed by atoms with E-state index in [9.17, 15) is 4.79 Å². The maximum absolute atomic E-state index is 13.8. The Morgan fingerprint density at radius 2 is 1.85 bits per heavy atom. The van der Waals surface area contributed by atoms with E-state index in [1.54, 1.807) is 4.68 Å². The summed E-state index contributed by atoms with van der Waals surface area (Å²) in [7, 11) is 0. The molecule has 40 heavy (non-hydrogen) atoms. The lowest BCUT2D eigenvalue weighted by Gasteiger charge is -2.29. The molecule has 0 radical (unpaired) electrons. The van der Waals surface area contributed by atoms with Gasteiger partial charge in [-0.3, -0.25) is 4.79 Å². The summed E-state index contributed by atoms with van der Waals surface area (Å²) in [6, 6.07) is 17.2. The molecular formula is C30H31BrN6O3. The van der Waals surface area contributed by atoms with E-state index in [0.29, 0.717) is 46.4 Å². The molecule has 9 nitrogen and oxygen atoms in total. The molecule has 2 N–H and O–H groups in total. The molecule has 0 saturated heterocycles. The second-order valence-electron chi connectivity index (χ2n) is 9.75. The van der Waals surface area contributed by atoms with Crippen LogP contribution in [0.3, 0.4) is 0 Å². The van der Waals surface area contributed by atoms with Gasteiger partial charge in [0.15, 0.2) is 11.5 Å². The predicted octanol–water partition coefficient (Wildman–Crippen LogP) is 6.27. The number of hydrogen-bond donors (Lipinski definition) is 2. The number of aryl methyl sites for hydroxylation is 2. The number of carbonyl (C=O) groups excluding carboxylic acids is 1. The SMILES string of the molecule is CCOc1cc(C2C(C(=O)Nc3cccc(C)c3C)=C(C)Nc3nnnn32)cc(Br)c1OCc1ccc(C)cc1. The predicted molar refractivity (Wildman–Crippen MR) is 158 cm³/mol. The van der Waals surface area contributed by atoms with Crippen LogP contribution in [0.4, 0.5) is 11.6 Å². The summed E-state index contributed by atoms with van der Waals surface area (Å²) in [4.78, 5) is 13.8. The second kappa shape index (κ2) is 11.5. The topological polar surface area (TPSA) is 103 Å². The van der Waals surface area contributed by atoms with Crippen molar-refractivity contribution in [3.8, 4) is 11.5 Å². The van der Waals surface area contributed by atoms with Crippen LogP contribution in [0.1, 0.15) is 47.7 Å². The molecule has 0 aliphatic carbocycles. The molecule has 0 spiro atoms. The van der Waals surface area contributed by atoms with Gasteiger partial charge in [0.05, 0.1) is 16.7 Å². The average Bonchev–Trinajstić information content (AvgIpc) is 3.39. The van der Waals surface area contributed by atoms with E-state index in [1.165, 1.54) is 5.56 Å². The molecule has 1 aliphatic heterocycles. The van der Waals surface area contributed by atoms with Crippen LogP contribution in [0, 0.1) is 20.8 Å². The number of hydrogen-bond acceptors (Lipinski definition) is 7. The normalized spacial score (nSPS) is 14.4. The zero-order valence-electron chi connectivity index (χ0n) is 23.1. The maximum atomic E-state index is 13.8. The van der Waals surface area contributed by atoms with Crippen LogP contribution in [0.15, 0.2) is 70.3 Å². The van der Waals surface area contributed by atoms with E-state index in [-0.39, 0.29) is 5.91 Å². The Balaban J connectivity index is 1.53. The summed E-state index contributed by atoms with van der Waals surface area (Å²) in [6.45, 7) is 10.6. The third-order valence-electron chi connectivity index (χ3n) is 6.96.